The van der Waals surface area contributed by atoms with Crippen molar-refractivity contribution < 1.29 is 23.0 Å². The van der Waals surface area contributed by atoms with Gasteiger partial charge in [-0.2, -0.15) is 8.78 Å². The maximum absolute atomic E-state index is 12.5. The number of aromatic nitrogens is 2. The van der Waals surface area contributed by atoms with Crippen molar-refractivity contribution in [2.75, 3.05) is 7.11 Å². The quantitative estimate of drug-likeness (QED) is 0.523. The number of nitrogens with one attached hydrogen (secondary N) is 2. The highest BCUT2D eigenvalue weighted by atomic mass is 19.3. The SMILES string of the molecule is COc1cc(C=CC(=O)NC(c2nc3ccccc3[nH]2)C(C)C)ccc1OC(F)F. The number of carbonyl (C=O) groups excluding carboxylic acids is 1. The number of imidazole rings is 1. The molecule has 0 aliphatic rings. The number of ether oxygens (including phenoxy) is 2. The first kappa shape index (κ1) is 21.3. The number of fused-ring (bicyclic) bond motifs is 1. The fourth-order valence-electron chi connectivity index (χ4n) is 3.03. The number of amides is 1. The highest BCUT2D eigenvalue weighted by Crippen LogP contribution is 2.30. The van der Waals surface area contributed by atoms with Gasteiger partial charge in [-0.15, -0.1) is 0 Å². The number of benzene rings is 2. The van der Waals surface area contributed by atoms with Crippen LogP contribution >= 0.6 is 0 Å². The van der Waals surface area contributed by atoms with Gasteiger partial charge in [0, 0.05) is 6.08 Å². The molecule has 0 bridgehead atoms. The van der Waals surface area contributed by atoms with Crippen LogP contribution in [0.15, 0.2) is 48.5 Å². The standard InChI is InChI=1S/C22H23F2N3O3/c1-13(2)20(21-25-15-6-4-5-7-16(15)26-21)27-19(28)11-9-14-8-10-17(30-22(23)24)18(12-14)29-3/h4-13,20,22H,1-3H3,(H,25,26)(H,27,28). The van der Waals surface area contributed by atoms with E-state index in [0.29, 0.717) is 11.4 Å². The summed E-state index contributed by atoms with van der Waals surface area (Å²) < 4.78 is 34.3. The van der Waals surface area contributed by atoms with Crippen LogP contribution in [0, 0.1) is 5.92 Å². The van der Waals surface area contributed by atoms with Crippen LogP contribution in [0.25, 0.3) is 17.1 Å². The molecule has 0 fully saturated rings. The second-order valence-electron chi connectivity index (χ2n) is 6.99. The van der Waals surface area contributed by atoms with E-state index in [1.807, 2.05) is 38.1 Å². The zero-order valence-corrected chi connectivity index (χ0v) is 16.9. The summed E-state index contributed by atoms with van der Waals surface area (Å²) in [7, 11) is 1.36. The predicted molar refractivity (Wildman–Crippen MR) is 110 cm³/mol. The molecule has 0 radical (unpaired) electrons. The Balaban J connectivity index is 1.73. The maximum atomic E-state index is 12.5. The van der Waals surface area contributed by atoms with E-state index in [1.54, 1.807) is 12.1 Å². The second-order valence-corrected chi connectivity index (χ2v) is 6.99. The lowest BCUT2D eigenvalue weighted by Crippen LogP contribution is -2.31. The van der Waals surface area contributed by atoms with Crippen LogP contribution in [-0.2, 0) is 4.79 Å². The van der Waals surface area contributed by atoms with E-state index in [-0.39, 0.29) is 29.4 Å². The largest absolute Gasteiger partial charge is 0.493 e. The molecule has 158 valence electrons. The van der Waals surface area contributed by atoms with Crippen molar-refractivity contribution in [2.24, 2.45) is 5.92 Å². The minimum atomic E-state index is -2.95. The van der Waals surface area contributed by atoms with Gasteiger partial charge in [-0.25, -0.2) is 4.98 Å². The number of para-hydroxylation sites is 2. The van der Waals surface area contributed by atoms with Gasteiger partial charge in [0.2, 0.25) is 5.91 Å². The summed E-state index contributed by atoms with van der Waals surface area (Å²) in [6.07, 6.45) is 2.94. The van der Waals surface area contributed by atoms with Crippen LogP contribution in [0.3, 0.4) is 0 Å². The molecule has 3 rings (SSSR count). The number of aromatic amines is 1. The summed E-state index contributed by atoms with van der Waals surface area (Å²) in [4.78, 5) is 20.3. The number of methoxy groups -OCH3 is 1. The minimum Gasteiger partial charge on any atom is -0.493 e. The number of H-pyrrole nitrogens is 1. The minimum absolute atomic E-state index is 0.0705. The molecule has 2 aromatic carbocycles. The van der Waals surface area contributed by atoms with Crippen LogP contribution < -0.4 is 14.8 Å². The Morgan fingerprint density at radius 2 is 1.93 bits per heavy atom. The Labute approximate surface area is 172 Å². The van der Waals surface area contributed by atoms with Crippen molar-refractivity contribution >= 4 is 23.0 Å². The van der Waals surface area contributed by atoms with Gasteiger partial charge in [-0.1, -0.05) is 32.0 Å². The Morgan fingerprint density at radius 3 is 2.60 bits per heavy atom. The lowest BCUT2D eigenvalue weighted by atomic mass is 10.0. The average molecular weight is 415 g/mol. The molecular weight excluding hydrogens is 392 g/mol. The fourth-order valence-corrected chi connectivity index (χ4v) is 3.03. The highest BCUT2D eigenvalue weighted by molar-refractivity contribution is 5.92. The highest BCUT2D eigenvalue weighted by Gasteiger charge is 2.21. The number of halogens is 2. The maximum Gasteiger partial charge on any atom is 0.387 e. The van der Waals surface area contributed by atoms with Gasteiger partial charge in [0.1, 0.15) is 5.82 Å². The number of carbonyl (C=O) groups is 1. The van der Waals surface area contributed by atoms with Crippen LogP contribution in [-0.4, -0.2) is 29.6 Å². The van der Waals surface area contributed by atoms with Crippen LogP contribution in [0.4, 0.5) is 8.78 Å². The van der Waals surface area contributed by atoms with E-state index in [1.165, 1.54) is 25.3 Å². The first-order valence-corrected chi connectivity index (χ1v) is 9.43. The van der Waals surface area contributed by atoms with Gasteiger partial charge in [-0.05, 0) is 41.8 Å². The summed E-state index contributed by atoms with van der Waals surface area (Å²) in [5, 5.41) is 2.96. The van der Waals surface area contributed by atoms with Crippen molar-refractivity contribution in [1.82, 2.24) is 15.3 Å². The molecule has 30 heavy (non-hydrogen) atoms. The molecule has 0 aliphatic heterocycles. The molecule has 1 unspecified atom stereocenters. The normalized spacial score (nSPS) is 12.6. The van der Waals surface area contributed by atoms with Crippen molar-refractivity contribution in [3.05, 3.63) is 59.9 Å². The Hall–Kier alpha value is -3.42. The van der Waals surface area contributed by atoms with Crippen molar-refractivity contribution in [1.29, 1.82) is 0 Å². The molecule has 1 amide bonds. The molecular formula is C22H23F2N3O3. The zero-order chi connectivity index (χ0) is 21.7. The Morgan fingerprint density at radius 1 is 1.17 bits per heavy atom. The lowest BCUT2D eigenvalue weighted by Gasteiger charge is -2.19. The molecule has 0 saturated carbocycles. The van der Waals surface area contributed by atoms with Crippen LogP contribution in [0.2, 0.25) is 0 Å². The summed E-state index contributed by atoms with van der Waals surface area (Å²) in [5.41, 5.74) is 2.34. The topological polar surface area (TPSA) is 76.2 Å². The van der Waals surface area contributed by atoms with Gasteiger partial charge >= 0.3 is 6.61 Å². The van der Waals surface area contributed by atoms with E-state index >= 15 is 0 Å². The van der Waals surface area contributed by atoms with E-state index in [2.05, 4.69) is 20.0 Å². The molecule has 0 spiro atoms. The Kier molecular flexibility index (Phi) is 6.66. The van der Waals surface area contributed by atoms with Gasteiger partial charge in [0.25, 0.3) is 0 Å². The average Bonchev–Trinajstić information content (AvgIpc) is 3.14. The molecule has 1 atom stereocenters. The summed E-state index contributed by atoms with van der Waals surface area (Å²) in [6, 6.07) is 11.8. The molecule has 1 aromatic heterocycles. The molecule has 1 heterocycles. The third kappa shape index (κ3) is 5.14. The molecule has 8 heteroatoms. The smallest absolute Gasteiger partial charge is 0.387 e. The number of alkyl halides is 2. The van der Waals surface area contributed by atoms with Crippen molar-refractivity contribution in [3.63, 3.8) is 0 Å². The Bertz CT molecular complexity index is 1010. The zero-order valence-electron chi connectivity index (χ0n) is 16.9. The third-order valence-electron chi connectivity index (χ3n) is 4.50. The van der Waals surface area contributed by atoms with E-state index in [0.717, 1.165) is 11.0 Å². The molecule has 0 saturated heterocycles. The van der Waals surface area contributed by atoms with Crippen molar-refractivity contribution in [2.45, 2.75) is 26.5 Å². The first-order valence-electron chi connectivity index (χ1n) is 9.43. The van der Waals surface area contributed by atoms with Gasteiger partial charge in [0.15, 0.2) is 11.5 Å². The monoisotopic (exact) mass is 415 g/mol. The fraction of sp³-hybridized carbons (Fsp3) is 0.273. The number of nitrogens with zero attached hydrogens (tertiary/aromatic N) is 1. The first-order chi connectivity index (χ1) is 14.4. The lowest BCUT2D eigenvalue weighted by molar-refractivity contribution is -0.117. The number of hydrogen-bond donors (Lipinski definition) is 2. The summed E-state index contributed by atoms with van der Waals surface area (Å²) >= 11 is 0. The van der Waals surface area contributed by atoms with Gasteiger partial charge in [-0.3, -0.25) is 4.79 Å². The molecule has 0 aliphatic carbocycles. The number of hydrogen-bond acceptors (Lipinski definition) is 4. The van der Waals surface area contributed by atoms with Crippen LogP contribution in [0.1, 0.15) is 31.3 Å². The molecule has 3 aromatic rings. The summed E-state index contributed by atoms with van der Waals surface area (Å²) in [6.45, 7) is 1.04. The molecule has 6 nitrogen and oxygen atoms in total. The summed E-state index contributed by atoms with van der Waals surface area (Å²) in [5.74, 6) is 0.567. The molecule has 2 N–H and O–H groups in total. The van der Waals surface area contributed by atoms with E-state index in [9.17, 15) is 13.6 Å². The second kappa shape index (κ2) is 9.39. The van der Waals surface area contributed by atoms with E-state index in [4.69, 9.17) is 4.74 Å². The van der Waals surface area contributed by atoms with Gasteiger partial charge in [0.05, 0.1) is 24.2 Å². The third-order valence-corrected chi connectivity index (χ3v) is 4.50. The van der Waals surface area contributed by atoms with Crippen LogP contribution in [0.5, 0.6) is 11.5 Å². The number of rotatable bonds is 8. The van der Waals surface area contributed by atoms with Crippen molar-refractivity contribution in [3.8, 4) is 11.5 Å². The predicted octanol–water partition coefficient (Wildman–Crippen LogP) is 4.70. The van der Waals surface area contributed by atoms with E-state index < -0.39 is 6.61 Å². The van der Waals surface area contributed by atoms with Gasteiger partial charge < -0.3 is 19.8 Å².